The molecule has 0 aromatic heterocycles. The van der Waals surface area contributed by atoms with Crippen molar-refractivity contribution in [3.05, 3.63) is 35.4 Å². The van der Waals surface area contributed by atoms with Crippen LogP contribution in [0.25, 0.3) is 0 Å². The molecule has 1 aromatic rings. The number of hydrogen-bond acceptors (Lipinski definition) is 3. The van der Waals surface area contributed by atoms with Gasteiger partial charge < -0.3 is 11.1 Å². The van der Waals surface area contributed by atoms with Crippen LogP contribution in [0.15, 0.2) is 24.3 Å². The summed E-state index contributed by atoms with van der Waals surface area (Å²) >= 11 is 0. The van der Waals surface area contributed by atoms with Gasteiger partial charge in [0.1, 0.15) is 0 Å². The van der Waals surface area contributed by atoms with Crippen molar-refractivity contribution in [1.29, 1.82) is 0 Å². The first-order valence-corrected chi connectivity index (χ1v) is 7.06. The summed E-state index contributed by atoms with van der Waals surface area (Å²) in [5.41, 5.74) is 8.58. The van der Waals surface area contributed by atoms with Gasteiger partial charge in [-0.2, -0.15) is 0 Å². The number of hydrogen-bond donors (Lipinski definition) is 3. The Labute approximate surface area is 113 Å². The van der Waals surface area contributed by atoms with Crippen molar-refractivity contribution < 1.29 is 4.79 Å². The molecule has 4 heteroatoms. The molecule has 1 saturated carbocycles. The summed E-state index contributed by atoms with van der Waals surface area (Å²) in [6, 6.07) is 8.73. The minimum Gasteiger partial charge on any atom is -0.352 e. The first kappa shape index (κ1) is 12.6. The number of rotatable bonds is 4. The predicted octanol–water partition coefficient (Wildman–Crippen LogP) is 1.39. The molecule has 2 aliphatic rings. The van der Waals surface area contributed by atoms with Crippen LogP contribution in [0.2, 0.25) is 0 Å². The van der Waals surface area contributed by atoms with E-state index in [9.17, 15) is 4.79 Å². The molecule has 3 atom stereocenters. The molecule has 4 N–H and O–H groups in total. The molecule has 1 amide bonds. The Hall–Kier alpha value is -1.39. The molecule has 3 unspecified atom stereocenters. The van der Waals surface area contributed by atoms with Crippen LogP contribution in [0.5, 0.6) is 0 Å². The highest BCUT2D eigenvalue weighted by Gasteiger charge is 2.31. The molecular weight excluding hydrogens is 238 g/mol. The van der Waals surface area contributed by atoms with E-state index in [4.69, 9.17) is 5.73 Å². The number of nitrogens with one attached hydrogen (secondary N) is 2. The third-order valence-corrected chi connectivity index (χ3v) is 4.03. The Kier molecular flexibility index (Phi) is 3.29. The van der Waals surface area contributed by atoms with Crippen molar-refractivity contribution in [3.8, 4) is 0 Å². The van der Waals surface area contributed by atoms with E-state index in [1.807, 2.05) is 19.1 Å². The molecule has 0 radical (unpaired) electrons. The molecule has 2 aliphatic carbocycles. The van der Waals surface area contributed by atoms with Crippen LogP contribution in [-0.4, -0.2) is 18.0 Å². The van der Waals surface area contributed by atoms with Crippen LogP contribution in [0.4, 0.5) is 0 Å². The van der Waals surface area contributed by atoms with Gasteiger partial charge in [0.25, 0.3) is 0 Å². The summed E-state index contributed by atoms with van der Waals surface area (Å²) in [5.74, 6) is 0.0976. The zero-order valence-corrected chi connectivity index (χ0v) is 11.2. The van der Waals surface area contributed by atoms with E-state index in [-0.39, 0.29) is 24.0 Å². The Balaban J connectivity index is 1.65. The fraction of sp³-hybridized carbons (Fsp3) is 0.533. The number of nitrogens with two attached hydrogens (primary N) is 1. The van der Waals surface area contributed by atoms with Crippen LogP contribution < -0.4 is 16.4 Å². The van der Waals surface area contributed by atoms with E-state index in [0.29, 0.717) is 6.04 Å². The van der Waals surface area contributed by atoms with Gasteiger partial charge in [0.15, 0.2) is 0 Å². The molecule has 102 valence electrons. The van der Waals surface area contributed by atoms with Gasteiger partial charge in [-0.05, 0) is 37.3 Å². The molecule has 4 nitrogen and oxygen atoms in total. The van der Waals surface area contributed by atoms with Crippen LogP contribution in [-0.2, 0) is 4.79 Å². The molecule has 0 heterocycles. The second kappa shape index (κ2) is 4.94. The van der Waals surface area contributed by atoms with Gasteiger partial charge in [-0.1, -0.05) is 24.3 Å². The highest BCUT2D eigenvalue weighted by molar-refractivity contribution is 5.81. The first-order chi connectivity index (χ1) is 9.15. The molecule has 0 spiro atoms. The highest BCUT2D eigenvalue weighted by atomic mass is 16.2. The summed E-state index contributed by atoms with van der Waals surface area (Å²) in [5, 5.41) is 6.44. The van der Waals surface area contributed by atoms with E-state index in [0.717, 1.165) is 19.3 Å². The summed E-state index contributed by atoms with van der Waals surface area (Å²) in [4.78, 5) is 12.0. The van der Waals surface area contributed by atoms with Crippen molar-refractivity contribution in [2.45, 2.75) is 50.4 Å². The lowest BCUT2D eigenvalue weighted by molar-refractivity contribution is -0.123. The smallest absolute Gasteiger partial charge is 0.237 e. The van der Waals surface area contributed by atoms with Gasteiger partial charge in [0, 0.05) is 18.1 Å². The normalized spacial score (nSPS) is 26.8. The third-order valence-electron chi connectivity index (χ3n) is 4.03. The number of benzene rings is 1. The Morgan fingerprint density at radius 3 is 2.68 bits per heavy atom. The Morgan fingerprint density at radius 1 is 1.32 bits per heavy atom. The summed E-state index contributed by atoms with van der Waals surface area (Å²) < 4.78 is 0. The predicted molar refractivity (Wildman–Crippen MR) is 74.5 cm³/mol. The van der Waals surface area contributed by atoms with E-state index in [1.165, 1.54) is 11.1 Å². The summed E-state index contributed by atoms with van der Waals surface area (Å²) in [6.07, 6.45) is 3.10. The summed E-state index contributed by atoms with van der Waals surface area (Å²) in [6.45, 7) is 1.92. The lowest BCUT2D eigenvalue weighted by Gasteiger charge is -2.20. The van der Waals surface area contributed by atoms with Gasteiger partial charge >= 0.3 is 0 Å². The molecule has 1 fully saturated rings. The van der Waals surface area contributed by atoms with Crippen molar-refractivity contribution in [1.82, 2.24) is 10.6 Å². The van der Waals surface area contributed by atoms with E-state index in [2.05, 4.69) is 22.8 Å². The van der Waals surface area contributed by atoms with Crippen molar-refractivity contribution in [2.24, 2.45) is 5.73 Å². The van der Waals surface area contributed by atoms with Gasteiger partial charge in [-0.25, -0.2) is 0 Å². The maximum atomic E-state index is 12.0. The number of fused-ring (bicyclic) bond motifs is 1. The lowest BCUT2D eigenvalue weighted by Crippen LogP contribution is -2.44. The maximum absolute atomic E-state index is 12.0. The van der Waals surface area contributed by atoms with E-state index >= 15 is 0 Å². The zero-order valence-electron chi connectivity index (χ0n) is 11.2. The van der Waals surface area contributed by atoms with Gasteiger partial charge in [-0.3, -0.25) is 10.1 Å². The first-order valence-electron chi connectivity index (χ1n) is 7.06. The second-order valence-corrected chi connectivity index (χ2v) is 5.69. The minimum atomic E-state index is -0.177. The van der Waals surface area contributed by atoms with Gasteiger partial charge in [0.2, 0.25) is 5.91 Å². The van der Waals surface area contributed by atoms with Gasteiger partial charge in [0.05, 0.1) is 6.04 Å². The average molecular weight is 259 g/mol. The number of carbonyl (C=O) groups excluding carboxylic acids is 1. The molecule has 1 aromatic carbocycles. The fourth-order valence-corrected chi connectivity index (χ4v) is 2.76. The van der Waals surface area contributed by atoms with Crippen molar-refractivity contribution in [3.63, 3.8) is 0 Å². The Morgan fingerprint density at radius 2 is 2.00 bits per heavy atom. The number of amides is 1. The van der Waals surface area contributed by atoms with Crippen molar-refractivity contribution in [2.75, 3.05) is 0 Å². The fourth-order valence-electron chi connectivity index (χ4n) is 2.76. The lowest BCUT2D eigenvalue weighted by atomic mass is 10.1. The molecule has 0 aliphatic heterocycles. The average Bonchev–Trinajstić information content (AvgIpc) is 3.16. The van der Waals surface area contributed by atoms with Crippen molar-refractivity contribution >= 4 is 5.91 Å². The second-order valence-electron chi connectivity index (χ2n) is 5.69. The minimum absolute atomic E-state index is 0.0763. The third kappa shape index (κ3) is 2.65. The quantitative estimate of drug-likeness (QED) is 0.765. The van der Waals surface area contributed by atoms with Crippen LogP contribution in [0, 0.1) is 0 Å². The molecule has 0 bridgehead atoms. The van der Waals surface area contributed by atoms with Crippen LogP contribution >= 0.6 is 0 Å². The SMILES string of the molecule is CC(NC1CC(N)c2ccccc21)C(=O)NC1CC1. The standard InChI is InChI=1S/C15H21N3O/c1-9(15(19)18-10-6-7-10)17-14-8-13(16)11-4-2-3-5-12(11)14/h2-5,9-10,13-14,17H,6-8,16H2,1H3,(H,18,19). The van der Waals surface area contributed by atoms with E-state index < -0.39 is 0 Å². The van der Waals surface area contributed by atoms with E-state index in [1.54, 1.807) is 0 Å². The molecule has 3 rings (SSSR count). The van der Waals surface area contributed by atoms with Gasteiger partial charge in [-0.15, -0.1) is 0 Å². The highest BCUT2D eigenvalue weighted by Crippen LogP contribution is 2.37. The molecular formula is C15H21N3O. The van der Waals surface area contributed by atoms with Crippen LogP contribution in [0.3, 0.4) is 0 Å². The molecule has 0 saturated heterocycles. The largest absolute Gasteiger partial charge is 0.352 e. The number of carbonyl (C=O) groups is 1. The molecule has 19 heavy (non-hydrogen) atoms. The zero-order chi connectivity index (χ0) is 13.4. The summed E-state index contributed by atoms with van der Waals surface area (Å²) in [7, 11) is 0. The maximum Gasteiger partial charge on any atom is 0.237 e. The topological polar surface area (TPSA) is 67.1 Å². The Bertz CT molecular complexity index is 484. The monoisotopic (exact) mass is 259 g/mol. The van der Waals surface area contributed by atoms with Crippen LogP contribution in [0.1, 0.15) is 49.4 Å².